The normalized spacial score (nSPS) is 16.2. The van der Waals surface area contributed by atoms with Gasteiger partial charge in [-0.15, -0.1) is 0 Å². The topological polar surface area (TPSA) is 12.4 Å². The third kappa shape index (κ3) is 1.60. The number of aliphatic imine (C=N–C) groups is 1. The van der Waals surface area contributed by atoms with E-state index >= 15 is 0 Å². The van der Waals surface area contributed by atoms with E-state index in [-0.39, 0.29) is 5.41 Å². The van der Waals surface area contributed by atoms with Gasteiger partial charge >= 0.3 is 0 Å². The van der Waals surface area contributed by atoms with Crippen molar-refractivity contribution in [3.63, 3.8) is 0 Å². The molecule has 0 aromatic heterocycles. The van der Waals surface area contributed by atoms with E-state index in [0.717, 1.165) is 0 Å². The average molecular weight is 219 g/mol. The van der Waals surface area contributed by atoms with E-state index in [4.69, 9.17) is 0 Å². The van der Waals surface area contributed by atoms with Crippen LogP contribution in [-0.2, 0) is 5.41 Å². The SMILES string of the molecule is C1=CC(c2ccccc2)(c2ccccc2)C=N1. The number of nitrogens with zero attached hydrogens (tertiary/aromatic N) is 1. The van der Waals surface area contributed by atoms with Crippen molar-refractivity contribution in [2.24, 2.45) is 4.99 Å². The first kappa shape index (κ1) is 10.0. The summed E-state index contributed by atoms with van der Waals surface area (Å²) >= 11 is 0. The van der Waals surface area contributed by atoms with E-state index < -0.39 is 0 Å². The van der Waals surface area contributed by atoms with Crippen LogP contribution < -0.4 is 0 Å². The number of hydrogen-bond donors (Lipinski definition) is 0. The Kier molecular flexibility index (Phi) is 2.37. The van der Waals surface area contributed by atoms with E-state index in [9.17, 15) is 0 Å². The number of benzene rings is 2. The van der Waals surface area contributed by atoms with Crippen molar-refractivity contribution < 1.29 is 0 Å². The molecule has 0 saturated heterocycles. The zero-order chi connectivity index (χ0) is 11.6. The zero-order valence-electron chi connectivity index (χ0n) is 9.45. The van der Waals surface area contributed by atoms with Crippen molar-refractivity contribution in [2.45, 2.75) is 5.41 Å². The van der Waals surface area contributed by atoms with Crippen LogP contribution in [-0.4, -0.2) is 6.21 Å². The van der Waals surface area contributed by atoms with Gasteiger partial charge in [0.25, 0.3) is 0 Å². The van der Waals surface area contributed by atoms with Crippen LogP contribution in [0, 0.1) is 0 Å². The lowest BCUT2D eigenvalue weighted by Crippen LogP contribution is -2.24. The largest absolute Gasteiger partial charge is 0.268 e. The van der Waals surface area contributed by atoms with E-state index in [0.29, 0.717) is 0 Å². The van der Waals surface area contributed by atoms with E-state index in [1.54, 1.807) is 0 Å². The van der Waals surface area contributed by atoms with Crippen molar-refractivity contribution in [1.29, 1.82) is 0 Å². The van der Waals surface area contributed by atoms with Gasteiger partial charge in [0.2, 0.25) is 0 Å². The molecule has 0 amide bonds. The van der Waals surface area contributed by atoms with Gasteiger partial charge in [-0.25, -0.2) is 0 Å². The van der Waals surface area contributed by atoms with Gasteiger partial charge in [-0.05, 0) is 17.2 Å². The summed E-state index contributed by atoms with van der Waals surface area (Å²) in [6.07, 6.45) is 6.04. The van der Waals surface area contributed by atoms with Gasteiger partial charge in [0.15, 0.2) is 0 Å². The van der Waals surface area contributed by atoms with Crippen molar-refractivity contribution in [3.8, 4) is 0 Å². The molecule has 0 unspecified atom stereocenters. The average Bonchev–Trinajstić information content (AvgIpc) is 2.91. The smallest absolute Gasteiger partial charge is 0.0752 e. The van der Waals surface area contributed by atoms with Crippen molar-refractivity contribution >= 4 is 6.21 Å². The van der Waals surface area contributed by atoms with E-state index in [1.165, 1.54) is 11.1 Å². The summed E-state index contributed by atoms with van der Waals surface area (Å²) in [5.41, 5.74) is 2.31. The summed E-state index contributed by atoms with van der Waals surface area (Å²) < 4.78 is 0. The molecule has 2 aromatic carbocycles. The Morgan fingerprint density at radius 3 is 1.65 bits per heavy atom. The lowest BCUT2D eigenvalue weighted by molar-refractivity contribution is 0.903. The molecular formula is C16H13N. The Balaban J connectivity index is 2.19. The van der Waals surface area contributed by atoms with Crippen LogP contribution in [0.15, 0.2) is 77.9 Å². The quantitative estimate of drug-likeness (QED) is 0.732. The van der Waals surface area contributed by atoms with E-state index in [1.807, 2.05) is 24.5 Å². The molecule has 3 rings (SSSR count). The minimum atomic E-state index is -0.192. The maximum Gasteiger partial charge on any atom is 0.0752 e. The third-order valence-corrected chi connectivity index (χ3v) is 3.20. The van der Waals surface area contributed by atoms with Gasteiger partial charge in [-0.2, -0.15) is 0 Å². The molecule has 1 heteroatoms. The second kappa shape index (κ2) is 4.02. The summed E-state index contributed by atoms with van der Waals surface area (Å²) in [6, 6.07) is 20.9. The van der Waals surface area contributed by atoms with Crippen LogP contribution in [0.5, 0.6) is 0 Å². The Labute approximate surface area is 101 Å². The van der Waals surface area contributed by atoms with Crippen molar-refractivity contribution in [1.82, 2.24) is 0 Å². The fourth-order valence-electron chi connectivity index (χ4n) is 2.30. The Hall–Kier alpha value is -2.15. The molecule has 0 bridgehead atoms. The molecule has 82 valence electrons. The van der Waals surface area contributed by atoms with Crippen LogP contribution in [0.3, 0.4) is 0 Å². The molecule has 2 aromatic rings. The second-order valence-corrected chi connectivity index (χ2v) is 4.19. The molecule has 1 nitrogen and oxygen atoms in total. The van der Waals surface area contributed by atoms with Crippen molar-refractivity contribution in [2.75, 3.05) is 0 Å². The standard InChI is InChI=1S/C16H13N/c1-3-7-14(8-4-1)16(11-12-17-13-16)15-9-5-2-6-10-15/h1-13H. The lowest BCUT2D eigenvalue weighted by Gasteiger charge is -2.25. The van der Waals surface area contributed by atoms with Gasteiger partial charge in [0.05, 0.1) is 5.41 Å². The second-order valence-electron chi connectivity index (χ2n) is 4.19. The summed E-state index contributed by atoms with van der Waals surface area (Å²) in [4.78, 5) is 4.28. The van der Waals surface area contributed by atoms with Gasteiger partial charge in [0, 0.05) is 12.4 Å². The molecule has 0 aliphatic carbocycles. The van der Waals surface area contributed by atoms with Crippen LogP contribution in [0.25, 0.3) is 0 Å². The summed E-state index contributed by atoms with van der Waals surface area (Å²) in [5.74, 6) is 0. The van der Waals surface area contributed by atoms with Crippen LogP contribution >= 0.6 is 0 Å². The molecule has 1 heterocycles. The predicted molar refractivity (Wildman–Crippen MR) is 71.3 cm³/mol. The maximum absolute atomic E-state index is 4.28. The molecule has 1 aliphatic heterocycles. The molecular weight excluding hydrogens is 206 g/mol. The number of rotatable bonds is 2. The fourth-order valence-corrected chi connectivity index (χ4v) is 2.30. The fraction of sp³-hybridized carbons (Fsp3) is 0.0625. The van der Waals surface area contributed by atoms with E-state index in [2.05, 4.69) is 59.6 Å². The van der Waals surface area contributed by atoms with Crippen LogP contribution in [0.2, 0.25) is 0 Å². The highest BCUT2D eigenvalue weighted by atomic mass is 14.7. The monoisotopic (exact) mass is 219 g/mol. The molecule has 0 radical (unpaired) electrons. The lowest BCUT2D eigenvalue weighted by atomic mass is 9.76. The molecule has 0 atom stereocenters. The van der Waals surface area contributed by atoms with Gasteiger partial charge < -0.3 is 0 Å². The first-order valence-corrected chi connectivity index (χ1v) is 5.75. The zero-order valence-corrected chi connectivity index (χ0v) is 9.45. The predicted octanol–water partition coefficient (Wildman–Crippen LogP) is 3.57. The Morgan fingerprint density at radius 2 is 1.24 bits per heavy atom. The summed E-state index contributed by atoms with van der Waals surface area (Å²) in [6.45, 7) is 0. The van der Waals surface area contributed by atoms with Gasteiger partial charge in [-0.1, -0.05) is 60.7 Å². The maximum atomic E-state index is 4.28. The Bertz CT molecular complexity index is 499. The molecule has 0 fully saturated rings. The first-order chi connectivity index (χ1) is 8.42. The highest BCUT2D eigenvalue weighted by molar-refractivity contribution is 5.85. The Morgan fingerprint density at radius 1 is 0.706 bits per heavy atom. The van der Waals surface area contributed by atoms with Crippen LogP contribution in [0.4, 0.5) is 0 Å². The van der Waals surface area contributed by atoms with Crippen molar-refractivity contribution in [3.05, 3.63) is 84.1 Å². The first-order valence-electron chi connectivity index (χ1n) is 5.75. The minimum absolute atomic E-state index is 0.192. The molecule has 0 N–H and O–H groups in total. The number of allylic oxidation sites excluding steroid dienone is 1. The highest BCUT2D eigenvalue weighted by Crippen LogP contribution is 2.34. The highest BCUT2D eigenvalue weighted by Gasteiger charge is 2.31. The molecule has 17 heavy (non-hydrogen) atoms. The minimum Gasteiger partial charge on any atom is -0.268 e. The molecule has 0 saturated carbocycles. The van der Waals surface area contributed by atoms with Gasteiger partial charge in [0.1, 0.15) is 0 Å². The molecule has 0 spiro atoms. The van der Waals surface area contributed by atoms with Gasteiger partial charge in [-0.3, -0.25) is 4.99 Å². The summed E-state index contributed by atoms with van der Waals surface area (Å²) in [7, 11) is 0. The summed E-state index contributed by atoms with van der Waals surface area (Å²) in [5, 5.41) is 0. The molecule has 1 aliphatic rings. The third-order valence-electron chi connectivity index (χ3n) is 3.20. The van der Waals surface area contributed by atoms with Crippen LogP contribution in [0.1, 0.15) is 11.1 Å². The number of hydrogen-bond acceptors (Lipinski definition) is 1.